The Balaban J connectivity index is 2.08. The van der Waals surface area contributed by atoms with Crippen molar-refractivity contribution >= 4 is 0 Å². The van der Waals surface area contributed by atoms with E-state index in [0.717, 1.165) is 24.2 Å². The number of nitrogens with two attached hydrogens (primary N) is 1. The summed E-state index contributed by atoms with van der Waals surface area (Å²) in [5, 5.41) is 0. The van der Waals surface area contributed by atoms with Gasteiger partial charge < -0.3 is 10.2 Å². The number of benzene rings is 1. The first-order chi connectivity index (χ1) is 9.49. The first kappa shape index (κ1) is 14.6. The van der Waals surface area contributed by atoms with Gasteiger partial charge in [0, 0.05) is 6.42 Å². The molecule has 0 saturated carbocycles. The van der Waals surface area contributed by atoms with Gasteiger partial charge in [-0.3, -0.25) is 0 Å². The maximum atomic E-state index is 12.6. The Labute approximate surface area is 114 Å². The van der Waals surface area contributed by atoms with E-state index in [-0.39, 0.29) is 6.42 Å². The molecule has 0 spiro atoms. The summed E-state index contributed by atoms with van der Waals surface area (Å²) < 4.78 is 43.1. The van der Waals surface area contributed by atoms with Gasteiger partial charge in [-0.15, -0.1) is 0 Å². The molecule has 0 radical (unpaired) electrons. The van der Waals surface area contributed by atoms with Crippen molar-refractivity contribution in [1.29, 1.82) is 0 Å². The molecule has 0 aliphatic heterocycles. The molecule has 0 amide bonds. The van der Waals surface area contributed by atoms with Crippen LogP contribution in [0.25, 0.3) is 0 Å². The molecule has 1 aromatic heterocycles. The van der Waals surface area contributed by atoms with Crippen molar-refractivity contribution in [2.45, 2.75) is 25.4 Å². The van der Waals surface area contributed by atoms with E-state index in [1.165, 1.54) is 12.3 Å². The molecule has 2 rings (SSSR count). The van der Waals surface area contributed by atoms with Crippen molar-refractivity contribution in [2.24, 2.45) is 5.73 Å². The zero-order valence-electron chi connectivity index (χ0n) is 10.8. The van der Waals surface area contributed by atoms with Crippen LogP contribution in [0.5, 0.6) is 0 Å². The first-order valence-corrected chi connectivity index (χ1v) is 6.28. The molecular weight excluding hydrogens is 269 g/mol. The molecule has 0 bridgehead atoms. The fourth-order valence-corrected chi connectivity index (χ4v) is 1.86. The third-order valence-corrected chi connectivity index (χ3v) is 2.85. The van der Waals surface area contributed by atoms with Gasteiger partial charge in [-0.05, 0) is 31.0 Å². The number of oxazole rings is 1. The van der Waals surface area contributed by atoms with Gasteiger partial charge >= 0.3 is 6.18 Å². The summed E-state index contributed by atoms with van der Waals surface area (Å²) >= 11 is 0. The Morgan fingerprint density at radius 3 is 2.75 bits per heavy atom. The zero-order valence-corrected chi connectivity index (χ0v) is 10.8. The van der Waals surface area contributed by atoms with Crippen molar-refractivity contribution in [3.8, 4) is 0 Å². The van der Waals surface area contributed by atoms with Gasteiger partial charge in [-0.1, -0.05) is 18.2 Å². The number of aryl methyl sites for hydroxylation is 1. The standard InChI is InChI=1S/C14H15F3N2O/c15-14(16,17)11-4-1-3-10(7-11)8-13-19-12(9-20-13)5-2-6-18/h1,3-4,7,9H,2,5-6,8,18H2. The average Bonchev–Trinajstić information content (AvgIpc) is 2.83. The van der Waals surface area contributed by atoms with Crippen LogP contribution in [0.15, 0.2) is 34.9 Å². The van der Waals surface area contributed by atoms with Crippen molar-refractivity contribution < 1.29 is 17.6 Å². The predicted octanol–water partition coefficient (Wildman–Crippen LogP) is 3.18. The lowest BCUT2D eigenvalue weighted by Crippen LogP contribution is -2.05. The van der Waals surface area contributed by atoms with E-state index < -0.39 is 11.7 Å². The second-order valence-electron chi connectivity index (χ2n) is 4.50. The number of rotatable bonds is 5. The summed E-state index contributed by atoms with van der Waals surface area (Å²) in [5.41, 5.74) is 6.03. The minimum absolute atomic E-state index is 0.243. The summed E-state index contributed by atoms with van der Waals surface area (Å²) in [4.78, 5) is 4.23. The van der Waals surface area contributed by atoms with E-state index in [0.29, 0.717) is 24.4 Å². The van der Waals surface area contributed by atoms with Crippen molar-refractivity contribution in [2.75, 3.05) is 6.54 Å². The fraction of sp³-hybridized carbons (Fsp3) is 0.357. The maximum absolute atomic E-state index is 12.6. The monoisotopic (exact) mass is 284 g/mol. The first-order valence-electron chi connectivity index (χ1n) is 6.28. The van der Waals surface area contributed by atoms with Gasteiger partial charge in [0.05, 0.1) is 11.3 Å². The highest BCUT2D eigenvalue weighted by Gasteiger charge is 2.30. The highest BCUT2D eigenvalue weighted by Crippen LogP contribution is 2.29. The maximum Gasteiger partial charge on any atom is 0.416 e. The molecule has 0 atom stereocenters. The number of hydrogen-bond acceptors (Lipinski definition) is 3. The van der Waals surface area contributed by atoms with Gasteiger partial charge in [0.25, 0.3) is 0 Å². The number of halogens is 3. The molecule has 0 saturated heterocycles. The molecule has 0 aliphatic carbocycles. The Bertz CT molecular complexity index is 564. The molecule has 0 fully saturated rings. The van der Waals surface area contributed by atoms with Crippen LogP contribution in [0.2, 0.25) is 0 Å². The lowest BCUT2D eigenvalue weighted by Gasteiger charge is -2.07. The van der Waals surface area contributed by atoms with E-state index in [4.69, 9.17) is 10.2 Å². The number of aromatic nitrogens is 1. The third-order valence-electron chi connectivity index (χ3n) is 2.85. The minimum atomic E-state index is -4.33. The van der Waals surface area contributed by atoms with Crippen molar-refractivity contribution in [3.63, 3.8) is 0 Å². The zero-order chi connectivity index (χ0) is 14.6. The molecule has 20 heavy (non-hydrogen) atoms. The van der Waals surface area contributed by atoms with E-state index in [1.54, 1.807) is 6.07 Å². The Morgan fingerprint density at radius 1 is 1.25 bits per heavy atom. The summed E-state index contributed by atoms with van der Waals surface area (Å²) in [6.45, 7) is 0.565. The van der Waals surface area contributed by atoms with Gasteiger partial charge in [0.1, 0.15) is 6.26 Å². The highest BCUT2D eigenvalue weighted by atomic mass is 19.4. The van der Waals surface area contributed by atoms with Crippen LogP contribution in [-0.4, -0.2) is 11.5 Å². The quantitative estimate of drug-likeness (QED) is 0.917. The summed E-state index contributed by atoms with van der Waals surface area (Å²) in [7, 11) is 0. The highest BCUT2D eigenvalue weighted by molar-refractivity contribution is 5.27. The van der Waals surface area contributed by atoms with Crippen LogP contribution in [-0.2, 0) is 19.0 Å². The van der Waals surface area contributed by atoms with E-state index in [9.17, 15) is 13.2 Å². The lowest BCUT2D eigenvalue weighted by atomic mass is 10.1. The van der Waals surface area contributed by atoms with Crippen LogP contribution in [0.3, 0.4) is 0 Å². The largest absolute Gasteiger partial charge is 0.448 e. The summed E-state index contributed by atoms with van der Waals surface area (Å²) in [6.07, 6.45) is -1.05. The summed E-state index contributed by atoms with van der Waals surface area (Å²) in [6, 6.07) is 5.17. The molecule has 3 nitrogen and oxygen atoms in total. The van der Waals surface area contributed by atoms with Crippen LogP contribution < -0.4 is 5.73 Å². The Morgan fingerprint density at radius 2 is 2.05 bits per heavy atom. The Kier molecular flexibility index (Phi) is 4.44. The molecule has 1 aromatic carbocycles. The lowest BCUT2D eigenvalue weighted by molar-refractivity contribution is -0.137. The minimum Gasteiger partial charge on any atom is -0.448 e. The van der Waals surface area contributed by atoms with Crippen LogP contribution in [0.1, 0.15) is 29.1 Å². The van der Waals surface area contributed by atoms with Crippen molar-refractivity contribution in [3.05, 3.63) is 53.2 Å². The van der Waals surface area contributed by atoms with E-state index in [2.05, 4.69) is 4.98 Å². The van der Waals surface area contributed by atoms with Crippen molar-refractivity contribution in [1.82, 2.24) is 4.98 Å². The smallest absolute Gasteiger partial charge is 0.416 e. The van der Waals surface area contributed by atoms with Gasteiger partial charge in [-0.25, -0.2) is 4.98 Å². The number of alkyl halides is 3. The molecule has 0 unspecified atom stereocenters. The SMILES string of the molecule is NCCCc1coc(Cc2cccc(C(F)(F)F)c2)n1. The molecule has 108 valence electrons. The fourth-order valence-electron chi connectivity index (χ4n) is 1.86. The van der Waals surface area contributed by atoms with E-state index >= 15 is 0 Å². The third kappa shape index (κ3) is 3.84. The number of nitrogens with zero attached hydrogens (tertiary/aromatic N) is 1. The molecule has 6 heteroatoms. The molecule has 2 N–H and O–H groups in total. The van der Waals surface area contributed by atoms with Gasteiger partial charge in [-0.2, -0.15) is 13.2 Å². The van der Waals surface area contributed by atoms with Gasteiger partial charge in [0.15, 0.2) is 5.89 Å². The predicted molar refractivity (Wildman–Crippen MR) is 68.1 cm³/mol. The number of hydrogen-bond donors (Lipinski definition) is 1. The second-order valence-corrected chi connectivity index (χ2v) is 4.50. The molecule has 2 aromatic rings. The molecule has 0 aliphatic rings. The normalized spacial score (nSPS) is 11.8. The second kappa shape index (κ2) is 6.09. The average molecular weight is 284 g/mol. The van der Waals surface area contributed by atoms with Crippen LogP contribution in [0, 0.1) is 0 Å². The summed E-state index contributed by atoms with van der Waals surface area (Å²) in [5.74, 6) is 0.413. The van der Waals surface area contributed by atoms with Gasteiger partial charge in [0.2, 0.25) is 0 Å². The molecule has 1 heterocycles. The molecular formula is C14H15F3N2O. The van der Waals surface area contributed by atoms with E-state index in [1.807, 2.05) is 0 Å². The van der Waals surface area contributed by atoms with Crippen LogP contribution >= 0.6 is 0 Å². The Hall–Kier alpha value is -1.82. The topological polar surface area (TPSA) is 52.0 Å². The van der Waals surface area contributed by atoms with Crippen LogP contribution in [0.4, 0.5) is 13.2 Å².